The maximum Gasteiger partial charge on any atom is 0.411 e. The van der Waals surface area contributed by atoms with E-state index in [2.05, 4.69) is 10.2 Å². The van der Waals surface area contributed by atoms with E-state index in [1.54, 1.807) is 24.3 Å². The Bertz CT molecular complexity index is 858. The van der Waals surface area contributed by atoms with Gasteiger partial charge in [0.05, 0.1) is 0 Å². The molecule has 0 bridgehead atoms. The summed E-state index contributed by atoms with van der Waals surface area (Å²) in [5.74, 6) is -0.884. The van der Waals surface area contributed by atoms with E-state index in [-0.39, 0.29) is 12.2 Å². The summed E-state index contributed by atoms with van der Waals surface area (Å²) in [6.07, 6.45) is -4.53. The van der Waals surface area contributed by atoms with E-state index >= 15 is 0 Å². The highest BCUT2D eigenvalue weighted by Gasteiger charge is 2.27. The third kappa shape index (κ3) is 8.00. The highest BCUT2D eigenvalue weighted by Crippen LogP contribution is 2.22. The number of halogens is 4. The van der Waals surface area contributed by atoms with E-state index in [4.69, 9.17) is 16.3 Å². The number of benzene rings is 2. The molecule has 156 valence electrons. The summed E-state index contributed by atoms with van der Waals surface area (Å²) in [5, 5.41) is 0.645. The van der Waals surface area contributed by atoms with E-state index in [1.165, 1.54) is 12.1 Å². The first-order valence-electron chi connectivity index (χ1n) is 8.35. The lowest BCUT2D eigenvalue weighted by Crippen LogP contribution is -2.43. The Morgan fingerprint density at radius 2 is 1.76 bits per heavy atom. The predicted octanol–water partition coefficient (Wildman–Crippen LogP) is 3.57. The van der Waals surface area contributed by atoms with Crippen LogP contribution in [0, 0.1) is 6.92 Å². The first-order chi connectivity index (χ1) is 13.6. The fourth-order valence-electron chi connectivity index (χ4n) is 2.12. The molecule has 29 heavy (non-hydrogen) atoms. The summed E-state index contributed by atoms with van der Waals surface area (Å²) in [6.45, 7) is -0.242. The van der Waals surface area contributed by atoms with Crippen LogP contribution in [0.2, 0.25) is 5.02 Å². The Morgan fingerprint density at radius 1 is 1.07 bits per heavy atom. The summed E-state index contributed by atoms with van der Waals surface area (Å²) in [7, 11) is 0. The summed E-state index contributed by atoms with van der Waals surface area (Å²) in [5.41, 5.74) is 6.00. The average molecular weight is 431 g/mol. The monoisotopic (exact) mass is 430 g/mol. The number of hydrogen-bond donors (Lipinski definition) is 2. The summed E-state index contributed by atoms with van der Waals surface area (Å²) >= 11 is 5.96. The first-order valence-corrected chi connectivity index (χ1v) is 8.73. The van der Waals surface area contributed by atoms with Gasteiger partial charge in [-0.05, 0) is 48.4 Å². The van der Waals surface area contributed by atoms with Crippen molar-refractivity contribution in [2.24, 2.45) is 0 Å². The summed E-state index contributed by atoms with van der Waals surface area (Å²) in [6, 6.07) is 11.7. The molecule has 2 amide bonds. The van der Waals surface area contributed by atoms with Gasteiger partial charge in [0.1, 0.15) is 25.6 Å². The van der Waals surface area contributed by atoms with Gasteiger partial charge in [0, 0.05) is 10.6 Å². The molecule has 0 unspecified atom stereocenters. The van der Waals surface area contributed by atoms with Gasteiger partial charge in [0.25, 0.3) is 11.8 Å². The molecule has 0 aliphatic heterocycles. The van der Waals surface area contributed by atoms with Crippen LogP contribution < -0.4 is 15.6 Å². The van der Waals surface area contributed by atoms with E-state index in [1.807, 2.05) is 18.4 Å². The quantitative estimate of drug-likeness (QED) is 0.658. The number of amides is 2. The molecule has 0 aliphatic rings. The SMILES string of the molecule is Cc1cc(OCc2ccc(C(=O)NNC(=O)COCC(F)(F)F)cc2)ccc1Cl. The predicted molar refractivity (Wildman–Crippen MR) is 99.4 cm³/mol. The van der Waals surface area contributed by atoms with Crippen LogP contribution >= 0.6 is 11.6 Å². The fourth-order valence-corrected chi connectivity index (χ4v) is 2.24. The van der Waals surface area contributed by atoms with Crippen molar-refractivity contribution in [1.82, 2.24) is 10.9 Å². The van der Waals surface area contributed by atoms with Crippen molar-refractivity contribution in [3.63, 3.8) is 0 Å². The number of alkyl halides is 3. The minimum atomic E-state index is -4.53. The number of ether oxygens (including phenoxy) is 2. The second-order valence-corrected chi connectivity index (χ2v) is 6.41. The maximum atomic E-state index is 12.0. The summed E-state index contributed by atoms with van der Waals surface area (Å²) in [4.78, 5) is 23.3. The molecule has 0 fully saturated rings. The van der Waals surface area contributed by atoms with Gasteiger partial charge in [-0.2, -0.15) is 13.2 Å². The van der Waals surface area contributed by atoms with Gasteiger partial charge in [0.2, 0.25) is 0 Å². The van der Waals surface area contributed by atoms with Crippen LogP contribution in [0.5, 0.6) is 5.75 Å². The third-order valence-corrected chi connectivity index (χ3v) is 3.99. The number of carbonyl (C=O) groups is 2. The smallest absolute Gasteiger partial charge is 0.411 e. The zero-order valence-electron chi connectivity index (χ0n) is 15.3. The molecule has 0 atom stereocenters. The van der Waals surface area contributed by atoms with Crippen molar-refractivity contribution in [2.75, 3.05) is 13.2 Å². The Balaban J connectivity index is 1.77. The molecule has 6 nitrogen and oxygen atoms in total. The van der Waals surface area contributed by atoms with Crippen LogP contribution in [-0.2, 0) is 16.1 Å². The second-order valence-electron chi connectivity index (χ2n) is 6.01. The van der Waals surface area contributed by atoms with Gasteiger partial charge >= 0.3 is 6.18 Å². The third-order valence-electron chi connectivity index (χ3n) is 3.57. The van der Waals surface area contributed by atoms with Crippen molar-refractivity contribution in [2.45, 2.75) is 19.7 Å². The molecular weight excluding hydrogens is 413 g/mol. The molecule has 0 saturated carbocycles. The minimum Gasteiger partial charge on any atom is -0.489 e. The first kappa shape index (κ1) is 22.5. The van der Waals surface area contributed by atoms with Crippen LogP contribution in [0.1, 0.15) is 21.5 Å². The van der Waals surface area contributed by atoms with Crippen molar-refractivity contribution in [3.05, 3.63) is 64.2 Å². The highest BCUT2D eigenvalue weighted by atomic mass is 35.5. The molecule has 0 aliphatic carbocycles. The zero-order valence-corrected chi connectivity index (χ0v) is 16.1. The van der Waals surface area contributed by atoms with Gasteiger partial charge in [-0.15, -0.1) is 0 Å². The number of aryl methyl sites for hydroxylation is 1. The van der Waals surface area contributed by atoms with Crippen LogP contribution in [0.25, 0.3) is 0 Å². The van der Waals surface area contributed by atoms with Crippen molar-refractivity contribution in [1.29, 1.82) is 0 Å². The van der Waals surface area contributed by atoms with E-state index in [0.29, 0.717) is 10.8 Å². The molecule has 0 heterocycles. The van der Waals surface area contributed by atoms with Crippen molar-refractivity contribution < 1.29 is 32.2 Å². The lowest BCUT2D eigenvalue weighted by Gasteiger charge is -2.10. The topological polar surface area (TPSA) is 76.7 Å². The highest BCUT2D eigenvalue weighted by molar-refractivity contribution is 6.31. The van der Waals surface area contributed by atoms with Gasteiger partial charge in [-0.1, -0.05) is 23.7 Å². The van der Waals surface area contributed by atoms with Crippen LogP contribution in [0.3, 0.4) is 0 Å². The lowest BCUT2D eigenvalue weighted by atomic mass is 10.1. The van der Waals surface area contributed by atoms with Gasteiger partial charge in [0.15, 0.2) is 0 Å². The Morgan fingerprint density at radius 3 is 2.38 bits per heavy atom. The Labute approximate surface area is 169 Å². The average Bonchev–Trinajstić information content (AvgIpc) is 2.66. The number of rotatable bonds is 7. The standard InChI is InChI=1S/C19H18ClF3N2O4/c1-12-8-15(6-7-16(12)20)29-9-13-2-4-14(5-3-13)18(27)25-24-17(26)10-28-11-19(21,22)23/h2-8H,9-11H2,1H3,(H,24,26)(H,25,27). The molecule has 2 aromatic carbocycles. The largest absolute Gasteiger partial charge is 0.489 e. The van der Waals surface area contributed by atoms with Crippen molar-refractivity contribution in [3.8, 4) is 5.75 Å². The number of carbonyl (C=O) groups excluding carboxylic acids is 2. The van der Waals surface area contributed by atoms with Crippen LogP contribution in [-0.4, -0.2) is 31.2 Å². The molecule has 0 aromatic heterocycles. The van der Waals surface area contributed by atoms with Gasteiger partial charge < -0.3 is 9.47 Å². The molecule has 2 N–H and O–H groups in total. The number of hydrazine groups is 1. The van der Waals surface area contributed by atoms with E-state index in [0.717, 1.165) is 11.1 Å². The summed E-state index contributed by atoms with van der Waals surface area (Å²) < 4.78 is 45.6. The maximum absolute atomic E-state index is 12.0. The molecule has 10 heteroatoms. The normalized spacial score (nSPS) is 11.1. The number of nitrogens with one attached hydrogen (secondary N) is 2. The van der Waals surface area contributed by atoms with E-state index < -0.39 is 31.2 Å². The van der Waals surface area contributed by atoms with Gasteiger partial charge in [-0.3, -0.25) is 20.4 Å². The van der Waals surface area contributed by atoms with E-state index in [9.17, 15) is 22.8 Å². The minimum absolute atomic E-state index is 0.243. The Hall–Kier alpha value is -2.78. The molecule has 0 radical (unpaired) electrons. The zero-order chi connectivity index (χ0) is 21.4. The molecule has 2 aromatic rings. The second kappa shape index (κ2) is 10.1. The van der Waals surface area contributed by atoms with Crippen LogP contribution in [0.15, 0.2) is 42.5 Å². The van der Waals surface area contributed by atoms with Crippen LogP contribution in [0.4, 0.5) is 13.2 Å². The molecule has 0 saturated heterocycles. The molecule has 2 rings (SSSR count). The number of hydrogen-bond acceptors (Lipinski definition) is 4. The van der Waals surface area contributed by atoms with Gasteiger partial charge in [-0.25, -0.2) is 0 Å². The Kier molecular flexibility index (Phi) is 7.86. The fraction of sp³-hybridized carbons (Fsp3) is 0.263. The molecular formula is C19H18ClF3N2O4. The lowest BCUT2D eigenvalue weighted by molar-refractivity contribution is -0.175. The van der Waals surface area contributed by atoms with Crippen molar-refractivity contribution >= 4 is 23.4 Å². The molecule has 0 spiro atoms.